The predicted octanol–water partition coefficient (Wildman–Crippen LogP) is 3.54. The molecule has 0 unspecified atom stereocenters. The Labute approximate surface area is 86.2 Å². The molecule has 14 heavy (non-hydrogen) atoms. The largest absolute Gasteiger partial charge is 0.255 e. The number of hydrogen-bond acceptors (Lipinski definition) is 1. The maximum absolute atomic E-state index is 12.9. The molecule has 0 amide bonds. The molecule has 0 spiro atoms. The van der Waals surface area contributed by atoms with Gasteiger partial charge in [-0.05, 0) is 24.3 Å². The topological polar surface area (TPSA) is 12.9 Å². The van der Waals surface area contributed by atoms with Gasteiger partial charge in [0.2, 0.25) is 0 Å². The fraction of sp³-hybridized carbons (Fsp3) is 0. The molecular formula is C11H7ClFN. The van der Waals surface area contributed by atoms with Crippen LogP contribution in [-0.2, 0) is 0 Å². The van der Waals surface area contributed by atoms with Crippen molar-refractivity contribution in [1.82, 2.24) is 4.98 Å². The van der Waals surface area contributed by atoms with Crippen LogP contribution >= 0.6 is 11.6 Å². The SMILES string of the molecule is Fc1cccc(-c2ccc(Cl)cn2)c1. The molecule has 0 saturated carbocycles. The van der Waals surface area contributed by atoms with Crippen LogP contribution in [0.1, 0.15) is 0 Å². The van der Waals surface area contributed by atoms with Crippen molar-refractivity contribution in [3.05, 3.63) is 53.4 Å². The first-order valence-electron chi connectivity index (χ1n) is 4.13. The summed E-state index contributed by atoms with van der Waals surface area (Å²) in [6.07, 6.45) is 1.54. The minimum atomic E-state index is -0.265. The third kappa shape index (κ3) is 1.91. The van der Waals surface area contributed by atoms with Crippen LogP contribution in [-0.4, -0.2) is 4.98 Å². The van der Waals surface area contributed by atoms with E-state index in [1.54, 1.807) is 30.5 Å². The zero-order chi connectivity index (χ0) is 9.97. The molecule has 1 aromatic heterocycles. The fourth-order valence-electron chi connectivity index (χ4n) is 1.19. The normalized spacial score (nSPS) is 10.1. The van der Waals surface area contributed by atoms with Gasteiger partial charge in [-0.3, -0.25) is 4.98 Å². The van der Waals surface area contributed by atoms with E-state index in [0.717, 1.165) is 5.56 Å². The van der Waals surface area contributed by atoms with Crippen LogP contribution in [0.15, 0.2) is 42.6 Å². The average Bonchev–Trinajstić information content (AvgIpc) is 2.19. The van der Waals surface area contributed by atoms with Crippen LogP contribution in [0.2, 0.25) is 5.02 Å². The van der Waals surface area contributed by atoms with E-state index in [0.29, 0.717) is 10.7 Å². The van der Waals surface area contributed by atoms with Gasteiger partial charge in [-0.25, -0.2) is 4.39 Å². The van der Waals surface area contributed by atoms with E-state index in [9.17, 15) is 4.39 Å². The number of aromatic nitrogens is 1. The standard InChI is InChI=1S/C11H7ClFN/c12-9-4-5-11(14-7-9)8-2-1-3-10(13)6-8/h1-7H. The van der Waals surface area contributed by atoms with Gasteiger partial charge in [0, 0.05) is 11.8 Å². The molecule has 0 bridgehead atoms. The molecule has 0 N–H and O–H groups in total. The smallest absolute Gasteiger partial charge is 0.123 e. The van der Waals surface area contributed by atoms with Crippen molar-refractivity contribution in [2.24, 2.45) is 0 Å². The van der Waals surface area contributed by atoms with Crippen molar-refractivity contribution in [3.63, 3.8) is 0 Å². The van der Waals surface area contributed by atoms with Crippen LogP contribution in [0, 0.1) is 5.82 Å². The summed E-state index contributed by atoms with van der Waals surface area (Å²) in [5.41, 5.74) is 1.47. The molecule has 0 saturated heterocycles. The lowest BCUT2D eigenvalue weighted by Gasteiger charge is -2.00. The monoisotopic (exact) mass is 207 g/mol. The van der Waals surface area contributed by atoms with E-state index in [1.807, 2.05) is 0 Å². The molecule has 2 rings (SSSR count). The molecule has 0 fully saturated rings. The predicted molar refractivity (Wildman–Crippen MR) is 54.6 cm³/mol. The van der Waals surface area contributed by atoms with Crippen molar-refractivity contribution in [1.29, 1.82) is 0 Å². The summed E-state index contributed by atoms with van der Waals surface area (Å²) < 4.78 is 12.9. The van der Waals surface area contributed by atoms with E-state index in [4.69, 9.17) is 11.6 Å². The summed E-state index contributed by atoms with van der Waals surface area (Å²) in [6.45, 7) is 0. The Morgan fingerprint density at radius 2 is 2.00 bits per heavy atom. The third-order valence-electron chi connectivity index (χ3n) is 1.85. The Morgan fingerprint density at radius 3 is 2.64 bits per heavy atom. The summed E-state index contributed by atoms with van der Waals surface area (Å²) in [5, 5.41) is 0.574. The zero-order valence-electron chi connectivity index (χ0n) is 7.24. The molecule has 1 aromatic carbocycles. The highest BCUT2D eigenvalue weighted by molar-refractivity contribution is 6.30. The molecule has 0 aliphatic heterocycles. The van der Waals surface area contributed by atoms with Gasteiger partial charge in [0.1, 0.15) is 5.82 Å². The summed E-state index contributed by atoms with van der Waals surface area (Å²) >= 11 is 5.69. The van der Waals surface area contributed by atoms with Crippen molar-refractivity contribution >= 4 is 11.6 Å². The van der Waals surface area contributed by atoms with Crippen LogP contribution in [0.4, 0.5) is 4.39 Å². The van der Waals surface area contributed by atoms with Gasteiger partial charge in [-0.2, -0.15) is 0 Å². The molecule has 1 heterocycles. The van der Waals surface area contributed by atoms with Gasteiger partial charge in [-0.15, -0.1) is 0 Å². The van der Waals surface area contributed by atoms with Gasteiger partial charge in [-0.1, -0.05) is 23.7 Å². The van der Waals surface area contributed by atoms with E-state index in [2.05, 4.69) is 4.98 Å². The quantitative estimate of drug-likeness (QED) is 0.697. The maximum atomic E-state index is 12.9. The van der Waals surface area contributed by atoms with Crippen LogP contribution in [0.3, 0.4) is 0 Å². The molecule has 0 aliphatic rings. The summed E-state index contributed by atoms with van der Waals surface area (Å²) in [6, 6.07) is 9.79. The van der Waals surface area contributed by atoms with Crippen LogP contribution < -0.4 is 0 Å². The van der Waals surface area contributed by atoms with Crippen molar-refractivity contribution < 1.29 is 4.39 Å². The Balaban J connectivity index is 2.44. The minimum absolute atomic E-state index is 0.265. The highest BCUT2D eigenvalue weighted by Crippen LogP contribution is 2.18. The Hall–Kier alpha value is -1.41. The maximum Gasteiger partial charge on any atom is 0.123 e. The molecule has 2 aromatic rings. The van der Waals surface area contributed by atoms with E-state index >= 15 is 0 Å². The molecule has 0 aliphatic carbocycles. The van der Waals surface area contributed by atoms with Gasteiger partial charge < -0.3 is 0 Å². The highest BCUT2D eigenvalue weighted by Gasteiger charge is 1.99. The number of hydrogen-bond donors (Lipinski definition) is 0. The lowest BCUT2D eigenvalue weighted by atomic mass is 10.1. The lowest BCUT2D eigenvalue weighted by molar-refractivity contribution is 0.628. The fourth-order valence-corrected chi connectivity index (χ4v) is 1.31. The number of pyridine rings is 1. The summed E-state index contributed by atoms with van der Waals surface area (Å²) in [5.74, 6) is -0.265. The minimum Gasteiger partial charge on any atom is -0.255 e. The number of halogens is 2. The summed E-state index contributed by atoms with van der Waals surface area (Å²) in [7, 11) is 0. The second-order valence-electron chi connectivity index (χ2n) is 2.87. The number of benzene rings is 1. The van der Waals surface area contributed by atoms with Crippen molar-refractivity contribution in [2.75, 3.05) is 0 Å². The Bertz CT molecular complexity index is 439. The van der Waals surface area contributed by atoms with Gasteiger partial charge in [0.15, 0.2) is 0 Å². The molecular weight excluding hydrogens is 201 g/mol. The lowest BCUT2D eigenvalue weighted by Crippen LogP contribution is -1.83. The van der Waals surface area contributed by atoms with Crippen LogP contribution in [0.25, 0.3) is 11.3 Å². The first-order valence-corrected chi connectivity index (χ1v) is 4.51. The molecule has 70 valence electrons. The number of nitrogens with zero attached hydrogens (tertiary/aromatic N) is 1. The first kappa shape index (κ1) is 9.16. The van der Waals surface area contributed by atoms with Gasteiger partial charge in [0.25, 0.3) is 0 Å². The third-order valence-corrected chi connectivity index (χ3v) is 2.07. The average molecular weight is 208 g/mol. The second-order valence-corrected chi connectivity index (χ2v) is 3.31. The Kier molecular flexibility index (Phi) is 2.46. The molecule has 0 radical (unpaired) electrons. The molecule has 0 atom stereocenters. The van der Waals surface area contributed by atoms with Crippen LogP contribution in [0.5, 0.6) is 0 Å². The van der Waals surface area contributed by atoms with Gasteiger partial charge >= 0.3 is 0 Å². The van der Waals surface area contributed by atoms with Gasteiger partial charge in [0.05, 0.1) is 10.7 Å². The molecule has 3 heteroatoms. The second kappa shape index (κ2) is 3.76. The number of rotatable bonds is 1. The van der Waals surface area contributed by atoms with E-state index in [1.165, 1.54) is 12.1 Å². The van der Waals surface area contributed by atoms with E-state index < -0.39 is 0 Å². The molecule has 1 nitrogen and oxygen atoms in total. The van der Waals surface area contributed by atoms with Crippen molar-refractivity contribution in [2.45, 2.75) is 0 Å². The summed E-state index contributed by atoms with van der Waals surface area (Å²) in [4.78, 5) is 4.09. The van der Waals surface area contributed by atoms with Crippen molar-refractivity contribution in [3.8, 4) is 11.3 Å². The highest BCUT2D eigenvalue weighted by atomic mass is 35.5. The Morgan fingerprint density at radius 1 is 1.14 bits per heavy atom. The first-order chi connectivity index (χ1) is 6.75. The zero-order valence-corrected chi connectivity index (χ0v) is 8.00. The van der Waals surface area contributed by atoms with E-state index in [-0.39, 0.29) is 5.82 Å².